The number of nitrogens with one attached hydrogen (secondary N) is 1. The number of carboxylic acid groups (broad SMARTS) is 2. The molecule has 0 spiro atoms. The van der Waals surface area contributed by atoms with Gasteiger partial charge in [0.25, 0.3) is 0 Å². The van der Waals surface area contributed by atoms with Gasteiger partial charge in [-0.15, -0.1) is 0 Å². The van der Waals surface area contributed by atoms with Gasteiger partial charge in [0.15, 0.2) is 0 Å². The van der Waals surface area contributed by atoms with Crippen molar-refractivity contribution in [2.24, 2.45) is 5.41 Å². The van der Waals surface area contributed by atoms with Crippen LogP contribution in [0.4, 0.5) is 0 Å². The summed E-state index contributed by atoms with van der Waals surface area (Å²) in [5.74, 6) is -1.66. The second-order valence-electron chi connectivity index (χ2n) is 4.36. The summed E-state index contributed by atoms with van der Waals surface area (Å²) < 4.78 is 0. The molecule has 1 aliphatic rings. The van der Waals surface area contributed by atoms with Gasteiger partial charge in [0.2, 0.25) is 0 Å². The molecule has 17 heavy (non-hydrogen) atoms. The van der Waals surface area contributed by atoms with Crippen molar-refractivity contribution in [3.8, 4) is 0 Å². The molecule has 94 valence electrons. The van der Waals surface area contributed by atoms with Crippen LogP contribution in [-0.2, 0) is 9.59 Å². The van der Waals surface area contributed by atoms with Gasteiger partial charge < -0.3 is 15.5 Å². The molecule has 0 aromatic carbocycles. The van der Waals surface area contributed by atoms with Crippen molar-refractivity contribution in [1.29, 1.82) is 0 Å². The maximum absolute atomic E-state index is 11.0. The molecule has 0 bridgehead atoms. The summed E-state index contributed by atoms with van der Waals surface area (Å²) in [5, 5.41) is 20.4. The largest absolute Gasteiger partial charge is 0.481 e. The van der Waals surface area contributed by atoms with Crippen LogP contribution >= 0.6 is 0 Å². The number of carboxylic acids is 2. The maximum atomic E-state index is 11.0. The lowest BCUT2D eigenvalue weighted by Gasteiger charge is -2.23. The van der Waals surface area contributed by atoms with Gasteiger partial charge in [-0.1, -0.05) is 18.2 Å². The molecule has 0 heterocycles. The van der Waals surface area contributed by atoms with Crippen molar-refractivity contribution in [2.45, 2.75) is 19.8 Å². The Morgan fingerprint density at radius 3 is 2.65 bits per heavy atom. The SMILES string of the molecule is CC1(C(=O)O)C=CC(CNCCC(=O)O)=CC1. The summed E-state index contributed by atoms with van der Waals surface area (Å²) >= 11 is 0. The third kappa shape index (κ3) is 4.03. The van der Waals surface area contributed by atoms with Crippen molar-refractivity contribution in [1.82, 2.24) is 5.32 Å². The van der Waals surface area contributed by atoms with E-state index in [1.165, 1.54) is 0 Å². The van der Waals surface area contributed by atoms with E-state index in [0.717, 1.165) is 5.57 Å². The third-order valence-corrected chi connectivity index (χ3v) is 2.79. The highest BCUT2D eigenvalue weighted by molar-refractivity contribution is 5.77. The second-order valence-corrected chi connectivity index (χ2v) is 4.36. The first-order valence-electron chi connectivity index (χ1n) is 5.48. The van der Waals surface area contributed by atoms with E-state index in [1.807, 2.05) is 6.08 Å². The summed E-state index contributed by atoms with van der Waals surface area (Å²) in [5.41, 5.74) is 0.180. The summed E-state index contributed by atoms with van der Waals surface area (Å²) in [6, 6.07) is 0. The topological polar surface area (TPSA) is 86.6 Å². The monoisotopic (exact) mass is 239 g/mol. The molecule has 0 radical (unpaired) electrons. The Hall–Kier alpha value is -1.62. The molecule has 0 aliphatic heterocycles. The van der Waals surface area contributed by atoms with E-state index in [0.29, 0.717) is 19.5 Å². The van der Waals surface area contributed by atoms with Gasteiger partial charge in [-0.3, -0.25) is 9.59 Å². The van der Waals surface area contributed by atoms with Crippen molar-refractivity contribution >= 4 is 11.9 Å². The molecule has 1 unspecified atom stereocenters. The highest BCUT2D eigenvalue weighted by Crippen LogP contribution is 2.29. The summed E-state index contributed by atoms with van der Waals surface area (Å²) in [6.45, 7) is 2.66. The van der Waals surface area contributed by atoms with E-state index in [4.69, 9.17) is 10.2 Å². The van der Waals surface area contributed by atoms with Crippen LogP contribution in [0.25, 0.3) is 0 Å². The normalized spacial score (nSPS) is 23.2. The van der Waals surface area contributed by atoms with Crippen molar-refractivity contribution in [3.05, 3.63) is 23.8 Å². The summed E-state index contributed by atoms with van der Waals surface area (Å²) in [7, 11) is 0. The highest BCUT2D eigenvalue weighted by Gasteiger charge is 2.30. The van der Waals surface area contributed by atoms with Crippen LogP contribution < -0.4 is 5.32 Å². The molecule has 3 N–H and O–H groups in total. The van der Waals surface area contributed by atoms with Crippen molar-refractivity contribution in [3.63, 3.8) is 0 Å². The molecular weight excluding hydrogens is 222 g/mol. The Bertz CT molecular complexity index is 373. The average molecular weight is 239 g/mol. The molecule has 5 heteroatoms. The maximum Gasteiger partial charge on any atom is 0.313 e. The van der Waals surface area contributed by atoms with E-state index in [2.05, 4.69) is 5.32 Å². The Balaban J connectivity index is 2.35. The van der Waals surface area contributed by atoms with E-state index in [9.17, 15) is 9.59 Å². The molecule has 1 atom stereocenters. The highest BCUT2D eigenvalue weighted by atomic mass is 16.4. The Kier molecular flexibility index (Phi) is 4.45. The van der Waals surface area contributed by atoms with Crippen LogP contribution in [0, 0.1) is 5.41 Å². The molecular formula is C12H17NO4. The van der Waals surface area contributed by atoms with Crippen LogP contribution in [0.15, 0.2) is 23.8 Å². The number of hydrogen-bond acceptors (Lipinski definition) is 3. The molecule has 0 amide bonds. The number of hydrogen-bond donors (Lipinski definition) is 3. The molecule has 0 aromatic rings. The Labute approximate surface area is 99.8 Å². The first-order valence-corrected chi connectivity index (χ1v) is 5.48. The van der Waals surface area contributed by atoms with Gasteiger partial charge in [-0.25, -0.2) is 0 Å². The van der Waals surface area contributed by atoms with Gasteiger partial charge in [0.05, 0.1) is 11.8 Å². The molecule has 0 saturated carbocycles. The number of allylic oxidation sites excluding steroid dienone is 1. The molecule has 0 saturated heterocycles. The minimum atomic E-state index is -0.831. The zero-order valence-electron chi connectivity index (χ0n) is 9.77. The fourth-order valence-corrected chi connectivity index (χ4v) is 1.49. The van der Waals surface area contributed by atoms with Crippen LogP contribution in [-0.4, -0.2) is 35.2 Å². The zero-order chi connectivity index (χ0) is 12.9. The molecule has 0 aromatic heterocycles. The lowest BCUT2D eigenvalue weighted by molar-refractivity contribution is -0.145. The predicted molar refractivity (Wildman–Crippen MR) is 62.7 cm³/mol. The number of rotatable bonds is 6. The average Bonchev–Trinajstić information content (AvgIpc) is 2.26. The minimum Gasteiger partial charge on any atom is -0.481 e. The summed E-state index contributed by atoms with van der Waals surface area (Å²) in [4.78, 5) is 21.2. The van der Waals surface area contributed by atoms with Gasteiger partial charge in [0, 0.05) is 13.1 Å². The standard InChI is InChI=1S/C12H17NO4/c1-12(11(16)17)5-2-9(3-6-12)8-13-7-4-10(14)15/h2-3,5,13H,4,6-8H2,1H3,(H,14,15)(H,16,17). The lowest BCUT2D eigenvalue weighted by Crippen LogP contribution is -2.27. The van der Waals surface area contributed by atoms with Gasteiger partial charge in [-0.2, -0.15) is 0 Å². The van der Waals surface area contributed by atoms with Crippen molar-refractivity contribution < 1.29 is 19.8 Å². The van der Waals surface area contributed by atoms with Gasteiger partial charge in [-0.05, 0) is 18.9 Å². The summed E-state index contributed by atoms with van der Waals surface area (Å²) in [6.07, 6.45) is 5.90. The van der Waals surface area contributed by atoms with Crippen LogP contribution in [0.2, 0.25) is 0 Å². The van der Waals surface area contributed by atoms with Gasteiger partial charge >= 0.3 is 11.9 Å². The van der Waals surface area contributed by atoms with E-state index in [-0.39, 0.29) is 6.42 Å². The lowest BCUT2D eigenvalue weighted by atomic mass is 9.82. The van der Waals surface area contributed by atoms with E-state index < -0.39 is 17.4 Å². The quantitative estimate of drug-likeness (QED) is 0.603. The van der Waals surface area contributed by atoms with E-state index >= 15 is 0 Å². The van der Waals surface area contributed by atoms with Crippen LogP contribution in [0.1, 0.15) is 19.8 Å². The minimum absolute atomic E-state index is 0.0871. The van der Waals surface area contributed by atoms with E-state index in [1.54, 1.807) is 19.1 Å². The fraction of sp³-hybridized carbons (Fsp3) is 0.500. The first-order chi connectivity index (χ1) is 7.94. The van der Waals surface area contributed by atoms with Crippen LogP contribution in [0.5, 0.6) is 0 Å². The zero-order valence-corrected chi connectivity index (χ0v) is 9.77. The van der Waals surface area contributed by atoms with Crippen LogP contribution in [0.3, 0.4) is 0 Å². The number of carbonyl (C=O) groups is 2. The van der Waals surface area contributed by atoms with Crippen molar-refractivity contribution in [2.75, 3.05) is 13.1 Å². The Morgan fingerprint density at radius 1 is 1.47 bits per heavy atom. The molecule has 1 rings (SSSR count). The molecule has 5 nitrogen and oxygen atoms in total. The fourth-order valence-electron chi connectivity index (χ4n) is 1.49. The molecule has 0 fully saturated rings. The second kappa shape index (κ2) is 5.63. The van der Waals surface area contributed by atoms with Gasteiger partial charge in [0.1, 0.15) is 0 Å². The predicted octanol–water partition coefficient (Wildman–Crippen LogP) is 1.03. The molecule has 1 aliphatic carbocycles. The number of aliphatic carboxylic acids is 2. The first kappa shape index (κ1) is 13.4. The smallest absolute Gasteiger partial charge is 0.313 e. The third-order valence-electron chi connectivity index (χ3n) is 2.79. The Morgan fingerprint density at radius 2 is 2.18 bits per heavy atom.